The van der Waals surface area contributed by atoms with Gasteiger partial charge in [0, 0.05) is 11.1 Å². The van der Waals surface area contributed by atoms with E-state index in [1.165, 1.54) is 12.1 Å². The maximum absolute atomic E-state index is 11.5. The summed E-state index contributed by atoms with van der Waals surface area (Å²) in [6.45, 7) is 0. The molecule has 0 heterocycles. The van der Waals surface area contributed by atoms with Gasteiger partial charge in [0.15, 0.2) is 0 Å². The van der Waals surface area contributed by atoms with Gasteiger partial charge in [0.25, 0.3) is 0 Å². The van der Waals surface area contributed by atoms with Gasteiger partial charge in [0.05, 0.1) is 11.8 Å². The van der Waals surface area contributed by atoms with Crippen molar-refractivity contribution in [1.29, 1.82) is 0 Å². The lowest BCUT2D eigenvalue weighted by Crippen LogP contribution is -2.20. The van der Waals surface area contributed by atoms with Crippen molar-refractivity contribution in [2.45, 2.75) is 11.8 Å². The molecule has 0 bridgehead atoms. The number of fused-ring (bicyclic) bond motifs is 2. The summed E-state index contributed by atoms with van der Waals surface area (Å²) in [7, 11) is 0. The molecule has 1 aliphatic rings. The highest BCUT2D eigenvalue weighted by Gasteiger charge is 2.35. The minimum atomic E-state index is -0.676. The molecule has 0 aromatic heterocycles. The van der Waals surface area contributed by atoms with E-state index in [0.29, 0.717) is 22.3 Å². The molecule has 4 heteroatoms. The first-order chi connectivity index (χ1) is 9.69. The first-order valence-electron chi connectivity index (χ1n) is 6.23. The number of hydrogen-bond acceptors (Lipinski definition) is 4. The van der Waals surface area contributed by atoms with Crippen LogP contribution in [0.25, 0.3) is 0 Å². The molecule has 2 atom stereocenters. The average Bonchev–Trinajstić information content (AvgIpc) is 2.48. The number of rotatable bonds is 2. The Morgan fingerprint density at radius 3 is 1.50 bits per heavy atom. The van der Waals surface area contributed by atoms with Crippen LogP contribution in [0.1, 0.15) is 34.1 Å². The topological polar surface area (TPSA) is 74.6 Å². The van der Waals surface area contributed by atoms with Crippen LogP contribution < -0.4 is 0 Å². The number of carbonyl (C=O) groups excluding carboxylic acids is 2. The van der Waals surface area contributed by atoms with E-state index in [4.69, 9.17) is 0 Å². The van der Waals surface area contributed by atoms with Gasteiger partial charge < -0.3 is 19.8 Å². The van der Waals surface area contributed by atoms with Gasteiger partial charge in [-0.1, -0.05) is 24.3 Å². The van der Waals surface area contributed by atoms with E-state index in [2.05, 4.69) is 0 Å². The zero-order valence-corrected chi connectivity index (χ0v) is 10.5. The standard InChI is InChI=1S/C16H12O4/c17-7-11-9-3-1-2-4-10(9)12(8-18)16-14(20)6-5-13(19)15(11)16/h1-8,11-12,19-20H. The molecule has 1 aliphatic carbocycles. The van der Waals surface area contributed by atoms with Gasteiger partial charge in [0.1, 0.15) is 24.1 Å². The lowest BCUT2D eigenvalue weighted by atomic mass is 9.72. The van der Waals surface area contributed by atoms with Crippen molar-refractivity contribution < 1.29 is 19.8 Å². The van der Waals surface area contributed by atoms with Crippen molar-refractivity contribution in [2.24, 2.45) is 0 Å². The Hall–Kier alpha value is -2.62. The second-order valence-electron chi connectivity index (χ2n) is 4.79. The Labute approximate surface area is 115 Å². The second kappa shape index (κ2) is 4.49. The molecule has 100 valence electrons. The van der Waals surface area contributed by atoms with Crippen LogP contribution in [-0.2, 0) is 9.59 Å². The van der Waals surface area contributed by atoms with Crippen LogP contribution in [-0.4, -0.2) is 22.8 Å². The van der Waals surface area contributed by atoms with Crippen molar-refractivity contribution in [1.82, 2.24) is 0 Å². The van der Waals surface area contributed by atoms with Crippen molar-refractivity contribution in [2.75, 3.05) is 0 Å². The summed E-state index contributed by atoms with van der Waals surface area (Å²) >= 11 is 0. The molecule has 2 N–H and O–H groups in total. The van der Waals surface area contributed by atoms with E-state index in [1.54, 1.807) is 24.3 Å². The van der Waals surface area contributed by atoms with Crippen LogP contribution >= 0.6 is 0 Å². The van der Waals surface area contributed by atoms with Crippen LogP contribution in [0.15, 0.2) is 36.4 Å². The molecule has 0 radical (unpaired) electrons. The molecule has 2 aromatic carbocycles. The van der Waals surface area contributed by atoms with Gasteiger partial charge >= 0.3 is 0 Å². The second-order valence-corrected chi connectivity index (χ2v) is 4.79. The lowest BCUT2D eigenvalue weighted by molar-refractivity contribution is -0.110. The number of hydrogen-bond donors (Lipinski definition) is 2. The Kier molecular flexibility index (Phi) is 2.79. The van der Waals surface area contributed by atoms with Gasteiger partial charge in [-0.25, -0.2) is 0 Å². The molecule has 3 rings (SSSR count). The largest absolute Gasteiger partial charge is 0.508 e. The molecule has 0 saturated carbocycles. The lowest BCUT2D eigenvalue weighted by Gasteiger charge is -2.30. The predicted molar refractivity (Wildman–Crippen MR) is 72.0 cm³/mol. The van der Waals surface area contributed by atoms with E-state index in [-0.39, 0.29) is 11.5 Å². The molecule has 2 unspecified atom stereocenters. The monoisotopic (exact) mass is 268 g/mol. The minimum absolute atomic E-state index is 0.0868. The molecule has 0 aliphatic heterocycles. The highest BCUT2D eigenvalue weighted by molar-refractivity contribution is 5.83. The minimum Gasteiger partial charge on any atom is -0.508 e. The smallest absolute Gasteiger partial charge is 0.132 e. The summed E-state index contributed by atoms with van der Waals surface area (Å²) in [4.78, 5) is 22.9. The van der Waals surface area contributed by atoms with Gasteiger partial charge in [-0.15, -0.1) is 0 Å². The van der Waals surface area contributed by atoms with Gasteiger partial charge in [-0.3, -0.25) is 0 Å². The molecule has 4 nitrogen and oxygen atoms in total. The van der Waals surface area contributed by atoms with Crippen LogP contribution in [0.2, 0.25) is 0 Å². The summed E-state index contributed by atoms with van der Waals surface area (Å²) < 4.78 is 0. The Morgan fingerprint density at radius 2 is 1.15 bits per heavy atom. The Morgan fingerprint density at radius 1 is 0.750 bits per heavy atom. The first kappa shape index (κ1) is 12.4. The molecule has 20 heavy (non-hydrogen) atoms. The fourth-order valence-electron chi connectivity index (χ4n) is 2.94. The number of aromatic hydroxyl groups is 2. The summed E-state index contributed by atoms with van der Waals surface area (Å²) in [5.74, 6) is -1.53. The van der Waals surface area contributed by atoms with Gasteiger partial charge in [0.2, 0.25) is 0 Å². The Bertz CT molecular complexity index is 646. The van der Waals surface area contributed by atoms with Crippen LogP contribution in [0.3, 0.4) is 0 Å². The number of phenolic OH excluding ortho intramolecular Hbond substituents is 2. The van der Waals surface area contributed by atoms with Crippen molar-refractivity contribution in [3.8, 4) is 11.5 Å². The van der Waals surface area contributed by atoms with Crippen molar-refractivity contribution in [3.63, 3.8) is 0 Å². The van der Waals surface area contributed by atoms with E-state index >= 15 is 0 Å². The maximum atomic E-state index is 11.5. The van der Waals surface area contributed by atoms with Crippen LogP contribution in [0, 0.1) is 0 Å². The quantitative estimate of drug-likeness (QED) is 0.646. The molecule has 0 saturated heterocycles. The van der Waals surface area contributed by atoms with Gasteiger partial charge in [-0.05, 0) is 23.3 Å². The third-order valence-electron chi connectivity index (χ3n) is 3.80. The zero-order valence-electron chi connectivity index (χ0n) is 10.5. The molecule has 0 amide bonds. The Balaban J connectivity index is 2.40. The average molecular weight is 268 g/mol. The molecule has 0 fully saturated rings. The van der Waals surface area contributed by atoms with Crippen molar-refractivity contribution >= 4 is 12.6 Å². The highest BCUT2D eigenvalue weighted by Crippen LogP contribution is 2.48. The van der Waals surface area contributed by atoms with E-state index in [0.717, 1.165) is 12.6 Å². The third kappa shape index (κ3) is 1.54. The van der Waals surface area contributed by atoms with Gasteiger partial charge in [-0.2, -0.15) is 0 Å². The van der Waals surface area contributed by atoms with E-state index in [1.807, 2.05) is 0 Å². The molecule has 2 aromatic rings. The normalized spacial score (nSPS) is 19.8. The third-order valence-corrected chi connectivity index (χ3v) is 3.80. The molecular formula is C16H12O4. The summed E-state index contributed by atoms with van der Waals surface area (Å²) in [5, 5.41) is 20.1. The fourth-order valence-corrected chi connectivity index (χ4v) is 2.94. The van der Waals surface area contributed by atoms with E-state index < -0.39 is 11.8 Å². The number of aldehydes is 2. The molecule has 0 spiro atoms. The molecular weight excluding hydrogens is 256 g/mol. The number of carbonyl (C=O) groups is 2. The summed E-state index contributed by atoms with van der Waals surface area (Å²) in [6, 6.07) is 9.75. The zero-order chi connectivity index (χ0) is 14.3. The van der Waals surface area contributed by atoms with Crippen molar-refractivity contribution in [3.05, 3.63) is 58.7 Å². The summed E-state index contributed by atoms with van der Waals surface area (Å²) in [5.41, 5.74) is 2.01. The first-order valence-corrected chi connectivity index (χ1v) is 6.23. The summed E-state index contributed by atoms with van der Waals surface area (Å²) in [6.07, 6.45) is 1.44. The van der Waals surface area contributed by atoms with Crippen LogP contribution in [0.5, 0.6) is 11.5 Å². The maximum Gasteiger partial charge on any atom is 0.132 e. The van der Waals surface area contributed by atoms with E-state index in [9.17, 15) is 19.8 Å². The predicted octanol–water partition coefficient (Wildman–Crippen LogP) is 2.07. The fraction of sp³-hybridized carbons (Fsp3) is 0.125. The number of phenols is 2. The SMILES string of the molecule is O=CC1c2ccccc2C(C=O)c2c(O)ccc(O)c21. The van der Waals surface area contributed by atoms with Crippen LogP contribution in [0.4, 0.5) is 0 Å². The number of benzene rings is 2. The highest BCUT2D eigenvalue weighted by atomic mass is 16.3.